The molecule has 0 saturated heterocycles. The first-order chi connectivity index (χ1) is 6.44. The largest absolute Gasteiger partial charge is 0.281 e. The number of aromatic nitrogens is 3. The lowest BCUT2D eigenvalue weighted by atomic mass is 10.6. The van der Waals surface area contributed by atoms with Gasteiger partial charge in [-0.25, -0.2) is 4.98 Å². The second kappa shape index (κ2) is 4.03. The highest BCUT2D eigenvalue weighted by atomic mass is 32.2. The summed E-state index contributed by atoms with van der Waals surface area (Å²) in [6, 6.07) is 0. The summed E-state index contributed by atoms with van der Waals surface area (Å²) in [6.45, 7) is 0.181. The molecule has 1 N–H and O–H groups in total. The molecule has 1 aromatic rings. The Bertz CT molecular complexity index is 371. The lowest BCUT2D eigenvalue weighted by molar-refractivity contribution is 0.408. The highest BCUT2D eigenvalue weighted by molar-refractivity contribution is 7.86. The van der Waals surface area contributed by atoms with Crippen molar-refractivity contribution < 1.29 is 8.42 Å². The van der Waals surface area contributed by atoms with Crippen LogP contribution in [0.2, 0.25) is 0 Å². The number of hydrogen-bond donors (Lipinski definition) is 1. The Morgan fingerprint density at radius 1 is 1.43 bits per heavy atom. The van der Waals surface area contributed by atoms with E-state index in [1.165, 1.54) is 31.8 Å². The predicted molar refractivity (Wildman–Crippen MR) is 50.5 cm³/mol. The smallest absolute Gasteiger partial charge is 0.262 e. The molecule has 0 spiro atoms. The van der Waals surface area contributed by atoms with Crippen molar-refractivity contribution in [2.24, 2.45) is 0 Å². The van der Waals surface area contributed by atoms with E-state index in [0.29, 0.717) is 5.82 Å². The third kappa shape index (κ3) is 2.28. The summed E-state index contributed by atoms with van der Waals surface area (Å²) >= 11 is 0. The summed E-state index contributed by atoms with van der Waals surface area (Å²) in [5.41, 5.74) is 0. The zero-order valence-corrected chi connectivity index (χ0v) is 9.11. The Morgan fingerprint density at radius 2 is 2.07 bits per heavy atom. The predicted octanol–water partition coefficient (Wildman–Crippen LogP) is -0.957. The molecule has 7 nitrogen and oxygen atoms in total. The molecule has 1 rings (SSSR count). The maximum absolute atomic E-state index is 11.5. The molecular formula is C6H13N5O2S. The van der Waals surface area contributed by atoms with Crippen LogP contribution in [0.3, 0.4) is 0 Å². The highest BCUT2D eigenvalue weighted by Crippen LogP contribution is 2.04. The highest BCUT2D eigenvalue weighted by Gasteiger charge is 2.21. The zero-order chi connectivity index (χ0) is 10.8. The van der Waals surface area contributed by atoms with E-state index in [-0.39, 0.29) is 6.54 Å². The molecule has 80 valence electrons. The first-order valence-electron chi connectivity index (χ1n) is 3.92. The van der Waals surface area contributed by atoms with Crippen LogP contribution >= 0.6 is 0 Å². The Balaban J connectivity index is 2.72. The minimum absolute atomic E-state index is 0.181. The van der Waals surface area contributed by atoms with Gasteiger partial charge in [0.05, 0.1) is 6.54 Å². The van der Waals surface area contributed by atoms with Gasteiger partial charge >= 0.3 is 0 Å². The molecule has 14 heavy (non-hydrogen) atoms. The van der Waals surface area contributed by atoms with Crippen molar-refractivity contribution in [1.29, 1.82) is 0 Å². The van der Waals surface area contributed by atoms with Crippen LogP contribution in [0, 0.1) is 0 Å². The quantitative estimate of drug-likeness (QED) is 0.707. The lowest BCUT2D eigenvalue weighted by Crippen LogP contribution is -2.37. The molecule has 0 aliphatic carbocycles. The van der Waals surface area contributed by atoms with E-state index >= 15 is 0 Å². The summed E-state index contributed by atoms with van der Waals surface area (Å²) in [7, 11) is 1.07. The fourth-order valence-corrected chi connectivity index (χ4v) is 1.72. The van der Waals surface area contributed by atoms with E-state index < -0.39 is 10.2 Å². The Labute approximate surface area is 82.9 Å². The molecular weight excluding hydrogens is 206 g/mol. The zero-order valence-electron chi connectivity index (χ0n) is 8.30. The molecule has 0 saturated carbocycles. The maximum Gasteiger partial charge on any atom is 0.281 e. The molecule has 8 heteroatoms. The van der Waals surface area contributed by atoms with Gasteiger partial charge in [0.15, 0.2) is 0 Å². The van der Waals surface area contributed by atoms with Gasteiger partial charge in [-0.1, -0.05) is 0 Å². The maximum atomic E-state index is 11.5. The molecule has 0 bridgehead atoms. The van der Waals surface area contributed by atoms with Gasteiger partial charge in [0.25, 0.3) is 10.2 Å². The van der Waals surface area contributed by atoms with Crippen molar-refractivity contribution in [2.45, 2.75) is 6.54 Å². The van der Waals surface area contributed by atoms with Crippen molar-refractivity contribution in [1.82, 2.24) is 23.8 Å². The molecule has 0 fully saturated rings. The topological polar surface area (TPSA) is 82.2 Å². The standard InChI is InChI=1S/C6H13N5O2S/c1-10(2)14(12,13)11(3)4-6-7-5-8-9-6/h5H,4H2,1-3H3,(H,7,8,9). The van der Waals surface area contributed by atoms with E-state index in [1.807, 2.05) is 0 Å². The minimum atomic E-state index is -3.37. The second-order valence-corrected chi connectivity index (χ2v) is 5.23. The van der Waals surface area contributed by atoms with Crippen LogP contribution in [0.15, 0.2) is 6.33 Å². The monoisotopic (exact) mass is 219 g/mol. The van der Waals surface area contributed by atoms with Crippen LogP contribution < -0.4 is 0 Å². The second-order valence-electron chi connectivity index (χ2n) is 2.98. The molecule has 0 unspecified atom stereocenters. The van der Waals surface area contributed by atoms with Gasteiger partial charge in [0.1, 0.15) is 12.2 Å². The summed E-state index contributed by atoms with van der Waals surface area (Å²) in [5, 5.41) is 6.22. The van der Waals surface area contributed by atoms with Gasteiger partial charge in [-0.3, -0.25) is 5.10 Å². The molecule has 0 amide bonds. The van der Waals surface area contributed by atoms with Crippen molar-refractivity contribution in [2.75, 3.05) is 21.1 Å². The fourth-order valence-electron chi connectivity index (χ4n) is 0.878. The van der Waals surface area contributed by atoms with Gasteiger partial charge < -0.3 is 0 Å². The van der Waals surface area contributed by atoms with Crippen LogP contribution in [-0.2, 0) is 16.8 Å². The molecule has 0 aliphatic rings. The normalized spacial score (nSPS) is 12.6. The van der Waals surface area contributed by atoms with Crippen LogP contribution in [0.5, 0.6) is 0 Å². The summed E-state index contributed by atoms with van der Waals surface area (Å²) in [6.07, 6.45) is 1.34. The SMILES string of the molecule is CN(C)S(=O)(=O)N(C)Cc1ncn[nH]1. The molecule has 0 aromatic carbocycles. The average molecular weight is 219 g/mol. The Hall–Kier alpha value is -0.990. The number of hydrogen-bond acceptors (Lipinski definition) is 4. The van der Waals surface area contributed by atoms with Gasteiger partial charge in [-0.2, -0.15) is 22.1 Å². The Morgan fingerprint density at radius 3 is 2.50 bits per heavy atom. The van der Waals surface area contributed by atoms with E-state index in [1.54, 1.807) is 0 Å². The van der Waals surface area contributed by atoms with Crippen LogP contribution in [-0.4, -0.2) is 53.4 Å². The molecule has 0 atom stereocenters. The third-order valence-corrected chi connectivity index (χ3v) is 3.53. The molecule has 0 aliphatic heterocycles. The van der Waals surface area contributed by atoms with Crippen LogP contribution in [0.4, 0.5) is 0 Å². The first kappa shape index (κ1) is 11.1. The summed E-state index contributed by atoms with van der Waals surface area (Å²) in [5.74, 6) is 0.512. The van der Waals surface area contributed by atoms with Gasteiger partial charge in [0.2, 0.25) is 0 Å². The van der Waals surface area contributed by atoms with E-state index in [2.05, 4.69) is 15.2 Å². The van der Waals surface area contributed by atoms with Crippen molar-refractivity contribution in [3.05, 3.63) is 12.2 Å². The van der Waals surface area contributed by atoms with Crippen molar-refractivity contribution >= 4 is 10.2 Å². The number of nitrogens with one attached hydrogen (secondary N) is 1. The van der Waals surface area contributed by atoms with Gasteiger partial charge in [-0.05, 0) is 0 Å². The van der Waals surface area contributed by atoms with E-state index in [4.69, 9.17) is 0 Å². The number of nitrogens with zero attached hydrogens (tertiary/aromatic N) is 4. The van der Waals surface area contributed by atoms with Gasteiger partial charge in [0, 0.05) is 21.1 Å². The Kier molecular flexibility index (Phi) is 3.19. The molecule has 1 heterocycles. The van der Waals surface area contributed by atoms with E-state index in [0.717, 1.165) is 4.31 Å². The van der Waals surface area contributed by atoms with Crippen LogP contribution in [0.25, 0.3) is 0 Å². The van der Waals surface area contributed by atoms with Gasteiger partial charge in [-0.15, -0.1) is 0 Å². The molecule has 1 aromatic heterocycles. The van der Waals surface area contributed by atoms with Crippen molar-refractivity contribution in [3.63, 3.8) is 0 Å². The number of rotatable bonds is 4. The fraction of sp³-hybridized carbons (Fsp3) is 0.667. The molecule has 0 radical (unpaired) electrons. The summed E-state index contributed by atoms with van der Waals surface area (Å²) in [4.78, 5) is 3.84. The number of H-pyrrole nitrogens is 1. The minimum Gasteiger partial charge on any atom is -0.262 e. The average Bonchev–Trinajstić information content (AvgIpc) is 2.56. The third-order valence-electron chi connectivity index (χ3n) is 1.69. The van der Waals surface area contributed by atoms with Crippen molar-refractivity contribution in [3.8, 4) is 0 Å². The lowest BCUT2D eigenvalue weighted by Gasteiger charge is -2.19. The van der Waals surface area contributed by atoms with Crippen LogP contribution in [0.1, 0.15) is 5.82 Å². The van der Waals surface area contributed by atoms with E-state index in [9.17, 15) is 8.42 Å². The first-order valence-corrected chi connectivity index (χ1v) is 5.32. The summed E-state index contributed by atoms with van der Waals surface area (Å²) < 4.78 is 25.4. The number of aromatic amines is 1.